The van der Waals surface area contributed by atoms with E-state index >= 15 is 0 Å². The van der Waals surface area contributed by atoms with Crippen LogP contribution in [0.1, 0.15) is 0 Å². The molecular weight excluding hydrogens is 1280 g/mol. The minimum atomic E-state index is -4.95. The standard InChI is InChI=1S/3C6H6O6S2.2Ho.16H2O/c3*7-13(8,9)5-3-1-2-4-6(5)14(10,11)12;;;;;;;;;;;;;;;;;;/h3*1-4H,(H,7,8,9)(H,10,11,12);;;16*1H2/q;;;2*+3;;;;;;;;;;;;;;;;/p+6. The first-order chi connectivity index (χ1) is 18.7. The van der Waals surface area contributed by atoms with Gasteiger partial charge in [0.15, 0.2) is 0 Å². The van der Waals surface area contributed by atoms with Crippen molar-refractivity contribution < 1.29 is 241 Å². The number of rotatable bonds is 6. The van der Waals surface area contributed by atoms with Crippen LogP contribution in [0, 0.1) is 75.5 Å². The summed E-state index contributed by atoms with van der Waals surface area (Å²) in [7, 11) is -29.7. The second-order valence-corrected chi connectivity index (χ2v) is 15.2. The fourth-order valence-electron chi connectivity index (χ4n) is 2.59. The molecule has 0 unspecified atom stereocenters. The molecule has 0 fully saturated rings. The van der Waals surface area contributed by atoms with Crippen molar-refractivity contribution in [3.63, 3.8) is 0 Å². The number of hydrogen-bond acceptors (Lipinski definition) is 18. The van der Waals surface area contributed by atoms with E-state index in [1.165, 1.54) is 0 Å². The second-order valence-electron chi connectivity index (χ2n) is 7.06. The SMILES string of the molecule is O.O.O.O.O=S(=O)([O-])c1ccccc1S(=O)(=O)[O-].O=S(=O)([O-])c1ccccc1S(=O)(=O)[O-].O=S(=O)([O-])c1ccccc1S(=O)(=O)[O-].[Ho+3].[Ho+3].[OH3+].[OH3+].[OH3+].[OH3+].[OH3+].[OH3+].[OH3+].[OH3+].[OH3+].[OH3+].[OH3+].[OH3+]. The smallest absolute Gasteiger partial charge is 0.744 e. The van der Waals surface area contributed by atoms with Crippen LogP contribution < -0.4 is 0 Å². The molecule has 0 heterocycles. The molecule has 42 heteroatoms. The van der Waals surface area contributed by atoms with E-state index in [9.17, 15) is 77.8 Å². The van der Waals surface area contributed by atoms with E-state index < -0.39 is 90.1 Å². The van der Waals surface area contributed by atoms with Crippen molar-refractivity contribution in [3.8, 4) is 0 Å². The molecule has 44 N–H and O–H groups in total. The third-order valence-corrected chi connectivity index (χ3v) is 9.92. The van der Waals surface area contributed by atoms with Crippen LogP contribution in [0.15, 0.2) is 102 Å². The van der Waals surface area contributed by atoms with Gasteiger partial charge in [-0.1, -0.05) is 36.4 Å². The molecule has 34 nitrogen and oxygen atoms in total. The molecular formula is C18H56Ho2O34S6+12. The van der Waals surface area contributed by atoms with E-state index in [2.05, 4.69) is 0 Å². The maximum atomic E-state index is 10.5. The Balaban J connectivity index is -0.0000000240. The summed E-state index contributed by atoms with van der Waals surface area (Å²) in [5.74, 6) is 0. The van der Waals surface area contributed by atoms with Crippen molar-refractivity contribution >= 4 is 60.7 Å². The predicted octanol–water partition coefficient (Wildman–Crippen LogP) is -15.9. The Kier molecular flexibility index (Phi) is 87.8. The van der Waals surface area contributed by atoms with Crippen LogP contribution in [0.2, 0.25) is 0 Å². The van der Waals surface area contributed by atoms with E-state index in [-0.39, 0.29) is 163 Å². The predicted molar refractivity (Wildman–Crippen MR) is 200 cm³/mol. The quantitative estimate of drug-likeness (QED) is 0.126. The van der Waals surface area contributed by atoms with Gasteiger partial charge in [-0.3, -0.25) is 0 Å². The molecule has 0 bridgehead atoms. The first-order valence-corrected chi connectivity index (χ1v) is 18.2. The second kappa shape index (κ2) is 44.6. The summed E-state index contributed by atoms with van der Waals surface area (Å²) in [4.78, 5) is -6.11. The van der Waals surface area contributed by atoms with Crippen LogP contribution in [-0.4, -0.2) is 99.7 Å². The Bertz CT molecular complexity index is 1750. The summed E-state index contributed by atoms with van der Waals surface area (Å²) < 4.78 is 190. The molecule has 0 saturated carbocycles. The van der Waals surface area contributed by atoms with Crippen molar-refractivity contribution in [2.75, 3.05) is 0 Å². The maximum Gasteiger partial charge on any atom is 3.00 e. The Morgan fingerprint density at radius 2 is 0.300 bits per heavy atom. The van der Waals surface area contributed by atoms with Gasteiger partial charge in [0, 0.05) is 0 Å². The van der Waals surface area contributed by atoms with Gasteiger partial charge in [0.05, 0.1) is 29.4 Å². The molecule has 0 aromatic heterocycles. The van der Waals surface area contributed by atoms with Crippen LogP contribution >= 0.6 is 0 Å². The fourth-order valence-corrected chi connectivity index (χ4v) is 7.78. The van der Waals surface area contributed by atoms with Crippen LogP contribution in [0.5, 0.6) is 0 Å². The molecule has 0 radical (unpaired) electrons. The normalized spacial score (nSPS) is 8.90. The van der Waals surface area contributed by atoms with Crippen LogP contribution in [0.3, 0.4) is 0 Å². The van der Waals surface area contributed by atoms with Gasteiger partial charge in [0.1, 0.15) is 60.7 Å². The number of hydrogen-bond donors (Lipinski definition) is 0. The summed E-state index contributed by atoms with van der Waals surface area (Å²) in [6.07, 6.45) is 0. The summed E-state index contributed by atoms with van der Waals surface area (Å²) in [5, 5.41) is 0. The molecule has 0 amide bonds. The average Bonchev–Trinajstić information content (AvgIpc) is 2.82. The minimum absolute atomic E-state index is 0. The summed E-state index contributed by atoms with van der Waals surface area (Å²) in [6.45, 7) is 0. The summed E-state index contributed by atoms with van der Waals surface area (Å²) in [5.41, 5.74) is 0. The molecule has 0 aliphatic heterocycles. The van der Waals surface area contributed by atoms with E-state index in [1.54, 1.807) is 0 Å². The molecule has 3 aromatic rings. The van der Waals surface area contributed by atoms with Crippen LogP contribution in [-0.2, 0) is 126 Å². The van der Waals surface area contributed by atoms with E-state index in [1.807, 2.05) is 0 Å². The van der Waals surface area contributed by atoms with Crippen molar-refractivity contribution in [1.82, 2.24) is 0 Å². The average molecular weight is 1340 g/mol. The molecule has 0 aliphatic carbocycles. The Morgan fingerprint density at radius 1 is 0.233 bits per heavy atom. The van der Waals surface area contributed by atoms with E-state index in [0.29, 0.717) is 0 Å². The molecule has 60 heavy (non-hydrogen) atoms. The third-order valence-electron chi connectivity index (χ3n) is 4.16. The van der Waals surface area contributed by atoms with Crippen LogP contribution in [0.4, 0.5) is 0 Å². The fraction of sp³-hybridized carbons (Fsp3) is 0. The molecule has 0 aliphatic rings. The Morgan fingerprint density at radius 3 is 0.350 bits per heavy atom. The molecule has 3 aromatic carbocycles. The van der Waals surface area contributed by atoms with Gasteiger partial charge in [-0.25, -0.2) is 50.5 Å². The summed E-state index contributed by atoms with van der Waals surface area (Å²) >= 11 is 0. The van der Waals surface area contributed by atoms with Gasteiger partial charge < -0.3 is 115 Å². The van der Waals surface area contributed by atoms with E-state index in [0.717, 1.165) is 72.8 Å². The zero-order valence-corrected chi connectivity index (χ0v) is 38.0. The third kappa shape index (κ3) is 38.7. The molecule has 378 valence electrons. The first-order valence-electron chi connectivity index (χ1n) is 9.71. The van der Waals surface area contributed by atoms with Crippen LogP contribution in [0.25, 0.3) is 0 Å². The van der Waals surface area contributed by atoms with Gasteiger partial charge >= 0.3 is 75.5 Å². The first kappa shape index (κ1) is 118. The van der Waals surface area contributed by atoms with Crippen molar-refractivity contribution in [2.45, 2.75) is 29.4 Å². The van der Waals surface area contributed by atoms with Crippen molar-refractivity contribution in [1.29, 1.82) is 0 Å². The van der Waals surface area contributed by atoms with Crippen molar-refractivity contribution in [2.24, 2.45) is 0 Å². The Hall–Kier alpha value is -1.00. The van der Waals surface area contributed by atoms with Gasteiger partial charge in [0.25, 0.3) is 0 Å². The number of benzene rings is 3. The maximum absolute atomic E-state index is 10.5. The topological polar surface area (TPSA) is 865 Å². The Labute approximate surface area is 399 Å². The molecule has 0 atom stereocenters. The van der Waals surface area contributed by atoms with Gasteiger partial charge in [0.2, 0.25) is 0 Å². The van der Waals surface area contributed by atoms with Gasteiger partial charge in [-0.2, -0.15) is 0 Å². The van der Waals surface area contributed by atoms with Gasteiger partial charge in [-0.15, -0.1) is 0 Å². The van der Waals surface area contributed by atoms with Crippen molar-refractivity contribution in [3.05, 3.63) is 72.8 Å². The zero-order chi connectivity index (χ0) is 32.9. The zero-order valence-electron chi connectivity index (χ0n) is 29.3. The minimum Gasteiger partial charge on any atom is -0.744 e. The monoisotopic (exact) mass is 1340 g/mol. The summed E-state index contributed by atoms with van der Waals surface area (Å²) in [6, 6.07) is 11.5. The molecule has 0 spiro atoms. The molecule has 0 saturated heterocycles. The largest absolute Gasteiger partial charge is 3.00 e. The van der Waals surface area contributed by atoms with Gasteiger partial charge in [-0.05, 0) is 36.4 Å². The molecule has 3 rings (SSSR count). The van der Waals surface area contributed by atoms with E-state index in [4.69, 9.17) is 0 Å².